The molecule has 0 aromatic heterocycles. The van der Waals surface area contributed by atoms with Crippen molar-refractivity contribution >= 4 is 12.1 Å². The summed E-state index contributed by atoms with van der Waals surface area (Å²) < 4.78 is 0. The molecule has 4 nitrogen and oxygen atoms in total. The maximum absolute atomic E-state index is 11.2. The van der Waals surface area contributed by atoms with E-state index in [1.807, 2.05) is 6.08 Å². The van der Waals surface area contributed by atoms with Crippen LogP contribution >= 0.6 is 0 Å². The molecule has 1 amide bonds. The van der Waals surface area contributed by atoms with Gasteiger partial charge < -0.3 is 10.4 Å². The van der Waals surface area contributed by atoms with Gasteiger partial charge in [-0.25, -0.2) is 0 Å². The molecule has 0 aromatic rings. The van der Waals surface area contributed by atoms with Crippen molar-refractivity contribution in [2.45, 2.75) is 33.6 Å². The Morgan fingerprint density at radius 2 is 1.94 bits per heavy atom. The maximum Gasteiger partial charge on any atom is 0.344 e. The molecular weight excluding hydrogens is 214 g/mol. The first-order valence-corrected chi connectivity index (χ1v) is 5.69. The highest BCUT2D eigenvalue weighted by atomic mass is 16.2. The summed E-state index contributed by atoms with van der Waals surface area (Å²) in [5.74, 6) is -0.305. The molecule has 0 aliphatic rings. The van der Waals surface area contributed by atoms with E-state index in [1.54, 1.807) is 7.05 Å². The molecule has 0 aromatic carbocycles. The van der Waals surface area contributed by atoms with Gasteiger partial charge >= 0.3 is 12.1 Å². The van der Waals surface area contributed by atoms with Crippen LogP contribution in [0.1, 0.15) is 33.6 Å². The van der Waals surface area contributed by atoms with E-state index >= 15 is 0 Å². The molecular formula is C13H21N3O. The van der Waals surface area contributed by atoms with Gasteiger partial charge in [-0.15, -0.1) is 0 Å². The highest BCUT2D eigenvalue weighted by Crippen LogP contribution is 2.06. The molecule has 0 unspecified atom stereocenters. The number of carbonyl (C=O) groups is 1. The fourth-order valence-electron chi connectivity index (χ4n) is 1.22. The topological polar surface area (TPSA) is 56.7 Å². The quantitative estimate of drug-likeness (QED) is 0.302. The van der Waals surface area contributed by atoms with Gasteiger partial charge in [-0.05, 0) is 33.6 Å². The van der Waals surface area contributed by atoms with Crippen molar-refractivity contribution in [2.75, 3.05) is 13.6 Å². The van der Waals surface area contributed by atoms with E-state index in [9.17, 15) is 4.79 Å². The number of rotatable bonds is 6. The van der Waals surface area contributed by atoms with Crippen molar-refractivity contribution in [1.29, 1.82) is 0 Å². The molecule has 0 atom stereocenters. The fraction of sp³-hybridized carbons (Fsp3) is 0.538. The van der Waals surface area contributed by atoms with E-state index < -0.39 is 0 Å². The van der Waals surface area contributed by atoms with Crippen LogP contribution in [0.15, 0.2) is 23.3 Å². The Hall–Kier alpha value is -1.67. The monoisotopic (exact) mass is 235 g/mol. The van der Waals surface area contributed by atoms with Gasteiger partial charge in [0.1, 0.15) is 0 Å². The lowest BCUT2D eigenvalue weighted by atomic mass is 10.1. The van der Waals surface area contributed by atoms with Gasteiger partial charge in [-0.2, -0.15) is 4.79 Å². The predicted molar refractivity (Wildman–Crippen MR) is 69.7 cm³/mol. The summed E-state index contributed by atoms with van der Waals surface area (Å²) in [7, 11) is 1.67. The Morgan fingerprint density at radius 3 is 2.47 bits per heavy atom. The van der Waals surface area contributed by atoms with Crippen molar-refractivity contribution in [3.05, 3.63) is 28.8 Å². The van der Waals surface area contributed by atoms with Gasteiger partial charge in [-0.3, -0.25) is 4.79 Å². The first kappa shape index (κ1) is 15.3. The highest BCUT2D eigenvalue weighted by Gasteiger charge is 2.07. The van der Waals surface area contributed by atoms with Crippen LogP contribution in [0, 0.1) is 0 Å². The molecule has 0 rings (SSSR count). The second-order valence-corrected chi connectivity index (χ2v) is 4.33. The average molecular weight is 235 g/mol. The molecule has 0 spiro atoms. The van der Waals surface area contributed by atoms with E-state index in [2.05, 4.69) is 31.6 Å². The first-order valence-electron chi connectivity index (χ1n) is 5.69. The van der Waals surface area contributed by atoms with Crippen LogP contribution in [-0.4, -0.2) is 35.4 Å². The number of nitrogens with zero attached hydrogens (tertiary/aromatic N) is 3. The lowest BCUT2D eigenvalue weighted by Gasteiger charge is -2.10. The van der Waals surface area contributed by atoms with Crippen LogP contribution in [-0.2, 0) is 4.79 Å². The number of amides is 1. The van der Waals surface area contributed by atoms with Crippen LogP contribution in [0.2, 0.25) is 0 Å². The standard InChI is InChI=1S/C13H21N3O/c1-11(2)6-5-7-12(3)8-9-16(4)13(17)10-15-14/h6,8,10H,5,7,9H2,1-4H3/b12-8+. The zero-order valence-electron chi connectivity index (χ0n) is 11.1. The Bertz CT molecular complexity index is 359. The van der Waals surface area contributed by atoms with E-state index in [0.717, 1.165) is 19.1 Å². The van der Waals surface area contributed by atoms with Gasteiger partial charge in [0.15, 0.2) is 0 Å². The Kier molecular flexibility index (Phi) is 7.65. The van der Waals surface area contributed by atoms with Crippen molar-refractivity contribution in [1.82, 2.24) is 4.90 Å². The summed E-state index contributed by atoms with van der Waals surface area (Å²) in [6, 6.07) is 0. The molecule has 0 radical (unpaired) electrons. The zero-order valence-corrected chi connectivity index (χ0v) is 11.1. The summed E-state index contributed by atoms with van der Waals surface area (Å²) in [5.41, 5.74) is 10.8. The molecule has 0 N–H and O–H groups in total. The van der Waals surface area contributed by atoms with E-state index in [0.29, 0.717) is 6.54 Å². The summed E-state index contributed by atoms with van der Waals surface area (Å²) in [4.78, 5) is 15.4. The second-order valence-electron chi connectivity index (χ2n) is 4.33. The molecule has 0 fully saturated rings. The predicted octanol–water partition coefficient (Wildman–Crippen LogP) is 2.44. The van der Waals surface area contributed by atoms with Crippen molar-refractivity contribution in [2.24, 2.45) is 0 Å². The van der Waals surface area contributed by atoms with Crippen molar-refractivity contribution < 1.29 is 9.58 Å². The Balaban J connectivity index is 4.10. The largest absolute Gasteiger partial charge is 0.361 e. The van der Waals surface area contributed by atoms with Gasteiger partial charge in [0.2, 0.25) is 0 Å². The number of hydrogen-bond donors (Lipinski definition) is 0. The van der Waals surface area contributed by atoms with Gasteiger partial charge in [0, 0.05) is 13.6 Å². The molecule has 94 valence electrons. The molecule has 0 bridgehead atoms. The summed E-state index contributed by atoms with van der Waals surface area (Å²) >= 11 is 0. The minimum atomic E-state index is -0.305. The zero-order chi connectivity index (χ0) is 13.3. The number of likely N-dealkylation sites (N-methyl/N-ethyl adjacent to an activating group) is 1. The minimum absolute atomic E-state index is 0.305. The Morgan fingerprint density at radius 1 is 1.29 bits per heavy atom. The van der Waals surface area contributed by atoms with Gasteiger partial charge in [0.05, 0.1) is 0 Å². The SMILES string of the molecule is CC(C)=CCC/C(C)=C/CN(C)C(=O)C=[N+]=[N-]. The Labute approximate surface area is 103 Å². The van der Waals surface area contributed by atoms with Crippen LogP contribution in [0.3, 0.4) is 0 Å². The second kappa shape index (κ2) is 8.48. The van der Waals surface area contributed by atoms with Crippen molar-refractivity contribution in [3.8, 4) is 0 Å². The third-order valence-corrected chi connectivity index (χ3v) is 2.35. The molecule has 4 heteroatoms. The lowest BCUT2D eigenvalue weighted by Crippen LogP contribution is -2.28. The average Bonchev–Trinajstić information content (AvgIpc) is 2.25. The molecule has 0 heterocycles. The van der Waals surface area contributed by atoms with Crippen LogP contribution in [0.4, 0.5) is 0 Å². The van der Waals surface area contributed by atoms with E-state index in [1.165, 1.54) is 16.0 Å². The normalized spacial score (nSPS) is 10.5. The summed E-state index contributed by atoms with van der Waals surface area (Å²) in [5, 5.41) is 0. The van der Waals surface area contributed by atoms with Crippen LogP contribution in [0.5, 0.6) is 0 Å². The molecule has 0 saturated heterocycles. The minimum Gasteiger partial charge on any atom is -0.361 e. The summed E-state index contributed by atoms with van der Waals surface area (Å²) in [6.07, 6.45) is 7.14. The molecule has 0 aliphatic heterocycles. The lowest BCUT2D eigenvalue weighted by molar-refractivity contribution is -0.125. The summed E-state index contributed by atoms with van der Waals surface area (Å²) in [6.45, 7) is 6.75. The van der Waals surface area contributed by atoms with Crippen LogP contribution in [0.25, 0.3) is 5.53 Å². The van der Waals surface area contributed by atoms with E-state index in [-0.39, 0.29) is 5.91 Å². The van der Waals surface area contributed by atoms with E-state index in [4.69, 9.17) is 5.53 Å². The number of allylic oxidation sites excluding steroid dienone is 3. The number of hydrogen-bond acceptors (Lipinski definition) is 1. The van der Waals surface area contributed by atoms with Gasteiger partial charge in [0.25, 0.3) is 0 Å². The molecule has 0 aliphatic carbocycles. The fourth-order valence-corrected chi connectivity index (χ4v) is 1.22. The first-order chi connectivity index (χ1) is 7.97. The highest BCUT2D eigenvalue weighted by molar-refractivity contribution is 6.23. The third-order valence-electron chi connectivity index (χ3n) is 2.35. The maximum atomic E-state index is 11.2. The third kappa shape index (κ3) is 8.17. The van der Waals surface area contributed by atoms with Crippen molar-refractivity contribution in [3.63, 3.8) is 0 Å². The molecule has 17 heavy (non-hydrogen) atoms. The van der Waals surface area contributed by atoms with Gasteiger partial charge in [-0.1, -0.05) is 23.3 Å². The smallest absolute Gasteiger partial charge is 0.344 e. The number of carbonyl (C=O) groups excluding carboxylic acids is 1. The van der Waals surface area contributed by atoms with Crippen LogP contribution < -0.4 is 0 Å². The molecule has 0 saturated carbocycles.